The summed E-state index contributed by atoms with van der Waals surface area (Å²) in [5.74, 6) is 2.22. The highest BCUT2D eigenvalue weighted by atomic mass is 16.2. The molecule has 2 heterocycles. The number of carbonyl (C=O) groups is 3. The molecule has 0 unspecified atom stereocenters. The SMILES string of the molecule is C#CCN1CC(=O)N2[C@@H](Cc3ccccc3)C(=O)N(Cc3cccc4ccccc34)C[C@@H]2N1C(=O)NCc1ccccc1. The lowest BCUT2D eigenvalue weighted by Gasteiger charge is -2.55. The minimum absolute atomic E-state index is 0.0788. The maximum atomic E-state index is 14.2. The molecular formula is C35H33N5O3. The summed E-state index contributed by atoms with van der Waals surface area (Å²) in [6.45, 7) is 0.793. The van der Waals surface area contributed by atoms with Crippen molar-refractivity contribution in [2.45, 2.75) is 31.7 Å². The van der Waals surface area contributed by atoms with E-state index in [9.17, 15) is 14.4 Å². The number of hydrogen-bond acceptors (Lipinski definition) is 4. The molecule has 216 valence electrons. The monoisotopic (exact) mass is 571 g/mol. The highest BCUT2D eigenvalue weighted by Crippen LogP contribution is 2.30. The third-order valence-electron chi connectivity index (χ3n) is 8.11. The normalized spacial score (nSPS) is 18.8. The smallest absolute Gasteiger partial charge is 0.333 e. The van der Waals surface area contributed by atoms with Crippen LogP contribution in [0.2, 0.25) is 0 Å². The van der Waals surface area contributed by atoms with Crippen LogP contribution in [0.5, 0.6) is 0 Å². The Morgan fingerprint density at radius 3 is 2.28 bits per heavy atom. The van der Waals surface area contributed by atoms with Gasteiger partial charge in [-0.1, -0.05) is 109 Å². The molecule has 8 nitrogen and oxygen atoms in total. The number of amides is 4. The molecule has 0 bridgehead atoms. The van der Waals surface area contributed by atoms with Gasteiger partial charge in [0.1, 0.15) is 12.2 Å². The molecule has 0 aliphatic carbocycles. The van der Waals surface area contributed by atoms with Crippen molar-refractivity contribution in [2.75, 3.05) is 19.6 Å². The summed E-state index contributed by atoms with van der Waals surface area (Å²) in [6, 6.07) is 32.3. The zero-order valence-electron chi connectivity index (χ0n) is 23.8. The summed E-state index contributed by atoms with van der Waals surface area (Å²) < 4.78 is 0. The zero-order chi connectivity index (χ0) is 29.8. The second-order valence-corrected chi connectivity index (χ2v) is 10.9. The van der Waals surface area contributed by atoms with Crippen LogP contribution in [0.4, 0.5) is 4.79 Å². The van der Waals surface area contributed by atoms with E-state index in [-0.39, 0.29) is 37.5 Å². The first-order valence-electron chi connectivity index (χ1n) is 14.4. The molecule has 2 fully saturated rings. The van der Waals surface area contributed by atoms with Gasteiger partial charge >= 0.3 is 6.03 Å². The summed E-state index contributed by atoms with van der Waals surface area (Å²) in [5.41, 5.74) is 2.88. The highest BCUT2D eigenvalue weighted by Gasteiger charge is 2.51. The lowest BCUT2D eigenvalue weighted by molar-refractivity contribution is -0.189. The fraction of sp³-hybridized carbons (Fsp3) is 0.229. The van der Waals surface area contributed by atoms with Gasteiger partial charge in [-0.15, -0.1) is 6.42 Å². The number of benzene rings is 4. The molecule has 2 atom stereocenters. The van der Waals surface area contributed by atoms with Crippen LogP contribution in [-0.4, -0.2) is 69.5 Å². The Morgan fingerprint density at radius 2 is 1.53 bits per heavy atom. The Morgan fingerprint density at radius 1 is 0.860 bits per heavy atom. The van der Waals surface area contributed by atoms with E-state index in [1.54, 1.807) is 19.8 Å². The number of hydrogen-bond donors (Lipinski definition) is 1. The highest BCUT2D eigenvalue weighted by molar-refractivity contribution is 5.92. The largest absolute Gasteiger partial charge is 0.334 e. The van der Waals surface area contributed by atoms with Crippen molar-refractivity contribution in [3.8, 4) is 12.3 Å². The quantitative estimate of drug-likeness (QED) is 0.340. The molecule has 8 heteroatoms. The first-order valence-corrected chi connectivity index (χ1v) is 14.4. The predicted molar refractivity (Wildman–Crippen MR) is 165 cm³/mol. The molecule has 43 heavy (non-hydrogen) atoms. The van der Waals surface area contributed by atoms with Crippen LogP contribution >= 0.6 is 0 Å². The minimum atomic E-state index is -0.777. The molecule has 2 saturated heterocycles. The van der Waals surface area contributed by atoms with E-state index in [1.807, 2.05) is 97.1 Å². The van der Waals surface area contributed by atoms with Crippen molar-refractivity contribution in [2.24, 2.45) is 0 Å². The molecular weight excluding hydrogens is 538 g/mol. The average molecular weight is 572 g/mol. The van der Waals surface area contributed by atoms with Crippen molar-refractivity contribution in [3.05, 3.63) is 120 Å². The molecule has 4 aromatic carbocycles. The van der Waals surface area contributed by atoms with Gasteiger partial charge in [0.2, 0.25) is 11.8 Å². The molecule has 6 rings (SSSR count). The minimum Gasteiger partial charge on any atom is -0.333 e. The van der Waals surface area contributed by atoms with Crippen molar-refractivity contribution in [1.29, 1.82) is 0 Å². The molecule has 2 aliphatic heterocycles. The summed E-state index contributed by atoms with van der Waals surface area (Å²) in [6.07, 6.45) is 5.30. The Kier molecular flexibility index (Phi) is 8.07. The van der Waals surface area contributed by atoms with Crippen molar-refractivity contribution in [1.82, 2.24) is 25.1 Å². The fourth-order valence-corrected chi connectivity index (χ4v) is 6.11. The summed E-state index contributed by atoms with van der Waals surface area (Å²) in [5, 5.41) is 8.30. The third-order valence-corrected chi connectivity index (χ3v) is 8.11. The van der Waals surface area contributed by atoms with Crippen molar-refractivity contribution >= 4 is 28.6 Å². The molecule has 0 saturated carbocycles. The number of terminal acetylenes is 1. The van der Waals surface area contributed by atoms with Gasteiger partial charge in [0.05, 0.1) is 19.6 Å². The van der Waals surface area contributed by atoms with E-state index < -0.39 is 12.2 Å². The second kappa shape index (κ2) is 12.4. The number of hydrazine groups is 1. The average Bonchev–Trinajstić information content (AvgIpc) is 3.03. The van der Waals surface area contributed by atoms with Gasteiger partial charge in [-0.2, -0.15) is 5.01 Å². The molecule has 0 spiro atoms. The van der Waals surface area contributed by atoms with Crippen LogP contribution in [-0.2, 0) is 29.1 Å². The lowest BCUT2D eigenvalue weighted by atomic mass is 9.97. The van der Waals surface area contributed by atoms with Crippen LogP contribution in [0.1, 0.15) is 16.7 Å². The van der Waals surface area contributed by atoms with E-state index >= 15 is 0 Å². The first kappa shape index (κ1) is 28.0. The van der Waals surface area contributed by atoms with E-state index in [0.717, 1.165) is 27.5 Å². The van der Waals surface area contributed by atoms with Gasteiger partial charge in [0.15, 0.2) is 0 Å². The first-order chi connectivity index (χ1) is 21.0. The fourth-order valence-electron chi connectivity index (χ4n) is 6.11. The van der Waals surface area contributed by atoms with Crippen LogP contribution in [0.25, 0.3) is 10.8 Å². The van der Waals surface area contributed by atoms with Crippen molar-refractivity contribution < 1.29 is 14.4 Å². The maximum absolute atomic E-state index is 14.2. The molecule has 0 radical (unpaired) electrons. The van der Waals surface area contributed by atoms with Gasteiger partial charge in [0, 0.05) is 19.5 Å². The molecule has 4 amide bonds. The Balaban J connectivity index is 1.37. The number of urea groups is 1. The number of piperazine rings is 1. The Labute approximate surface area is 251 Å². The van der Waals surface area contributed by atoms with Crippen LogP contribution < -0.4 is 5.32 Å². The summed E-state index contributed by atoms with van der Waals surface area (Å²) in [7, 11) is 0. The van der Waals surface area contributed by atoms with Crippen LogP contribution in [0.15, 0.2) is 103 Å². The van der Waals surface area contributed by atoms with Crippen molar-refractivity contribution in [3.63, 3.8) is 0 Å². The van der Waals surface area contributed by atoms with E-state index in [1.165, 1.54) is 0 Å². The Hall–Kier alpha value is -5.13. The number of fused-ring (bicyclic) bond motifs is 2. The zero-order valence-corrected chi connectivity index (χ0v) is 23.8. The van der Waals surface area contributed by atoms with Gasteiger partial charge in [-0.3, -0.25) is 9.59 Å². The van der Waals surface area contributed by atoms with E-state index in [0.29, 0.717) is 19.5 Å². The molecule has 1 N–H and O–H groups in total. The number of rotatable bonds is 7. The lowest BCUT2D eigenvalue weighted by Crippen LogP contribution is -2.76. The molecule has 2 aliphatic rings. The second-order valence-electron chi connectivity index (χ2n) is 10.9. The third kappa shape index (κ3) is 5.81. The standard InChI is InChI=1S/C35H33N5O3/c1-2-20-38-25-33(41)39-31(21-26-12-5-3-6-13-26)34(42)37(23-29-18-11-17-28-16-9-10-19-30(28)29)24-32(39)40(38)35(43)36-22-27-14-7-4-8-15-27/h1,3-19,31-32H,20-25H2,(H,36,43)/t31-,32-/m0/s1. The van der Waals surface area contributed by atoms with Gasteiger partial charge < -0.3 is 15.1 Å². The number of nitrogens with one attached hydrogen (secondary N) is 1. The number of carbonyl (C=O) groups excluding carboxylic acids is 3. The maximum Gasteiger partial charge on any atom is 0.334 e. The van der Waals surface area contributed by atoms with Gasteiger partial charge in [-0.25, -0.2) is 9.80 Å². The van der Waals surface area contributed by atoms with Gasteiger partial charge in [0.25, 0.3) is 0 Å². The predicted octanol–water partition coefficient (Wildman–Crippen LogP) is 4.02. The molecule has 0 aromatic heterocycles. The van der Waals surface area contributed by atoms with E-state index in [2.05, 4.69) is 17.3 Å². The Bertz CT molecular complexity index is 1660. The topological polar surface area (TPSA) is 76.2 Å². The van der Waals surface area contributed by atoms with Crippen LogP contribution in [0.3, 0.4) is 0 Å². The summed E-state index contributed by atoms with van der Waals surface area (Å²) >= 11 is 0. The van der Waals surface area contributed by atoms with Crippen LogP contribution in [0, 0.1) is 12.3 Å². The van der Waals surface area contributed by atoms with E-state index in [4.69, 9.17) is 6.42 Å². The molecule has 4 aromatic rings. The number of nitrogens with zero attached hydrogens (tertiary/aromatic N) is 4. The van der Waals surface area contributed by atoms with Gasteiger partial charge in [-0.05, 0) is 27.5 Å². The summed E-state index contributed by atoms with van der Waals surface area (Å²) in [4.78, 5) is 45.2.